The molecular formula is C9H11N3O3. The average Bonchev–Trinajstić information content (AvgIpc) is 2.58. The second-order valence-electron chi connectivity index (χ2n) is 2.84. The molecule has 15 heavy (non-hydrogen) atoms. The molecule has 1 aromatic heterocycles. The van der Waals surface area contributed by atoms with Crippen LogP contribution in [0, 0.1) is 0 Å². The summed E-state index contributed by atoms with van der Waals surface area (Å²) in [6.07, 6.45) is 5.13. The molecule has 0 aliphatic carbocycles. The first kappa shape index (κ1) is 11.0. The lowest BCUT2D eigenvalue weighted by Gasteiger charge is -2.01. The first-order chi connectivity index (χ1) is 7.09. The quantitative estimate of drug-likeness (QED) is 0.665. The van der Waals surface area contributed by atoms with Crippen molar-refractivity contribution in [1.29, 1.82) is 0 Å². The molecule has 0 aromatic carbocycles. The molecule has 80 valence electrons. The van der Waals surface area contributed by atoms with Crippen molar-refractivity contribution >= 4 is 11.9 Å². The Morgan fingerprint density at radius 2 is 2.33 bits per heavy atom. The van der Waals surface area contributed by atoms with E-state index in [4.69, 9.17) is 5.11 Å². The molecule has 6 heteroatoms. The fourth-order valence-corrected chi connectivity index (χ4v) is 0.939. The van der Waals surface area contributed by atoms with Crippen LogP contribution >= 0.6 is 0 Å². The minimum absolute atomic E-state index is 0.270. The maximum Gasteiger partial charge on any atom is 0.328 e. The van der Waals surface area contributed by atoms with E-state index in [1.807, 2.05) is 7.05 Å². The molecule has 1 rings (SSSR count). The van der Waals surface area contributed by atoms with E-state index in [-0.39, 0.29) is 6.54 Å². The van der Waals surface area contributed by atoms with Crippen LogP contribution in [0.3, 0.4) is 0 Å². The fraction of sp³-hybridized carbons (Fsp3) is 0.222. The summed E-state index contributed by atoms with van der Waals surface area (Å²) in [5.74, 6) is -0.908. The average molecular weight is 209 g/mol. The second kappa shape index (κ2) is 4.94. The molecule has 0 bridgehead atoms. The van der Waals surface area contributed by atoms with Gasteiger partial charge in [0, 0.05) is 31.6 Å². The standard InChI is InChI=1S/C9H11N3O3/c1-12-5-4-10-7(12)6-11-8(13)2-3-9(14)15/h2-5H,6H2,1H3,(H,11,13)(H,14,15). The normalized spacial score (nSPS) is 10.5. The van der Waals surface area contributed by atoms with Crippen molar-refractivity contribution in [1.82, 2.24) is 14.9 Å². The van der Waals surface area contributed by atoms with Crippen LogP contribution in [-0.2, 0) is 23.2 Å². The molecule has 2 N–H and O–H groups in total. The van der Waals surface area contributed by atoms with Gasteiger partial charge in [0.25, 0.3) is 0 Å². The van der Waals surface area contributed by atoms with Gasteiger partial charge in [-0.3, -0.25) is 4.79 Å². The molecule has 0 aliphatic heterocycles. The Hall–Kier alpha value is -2.11. The minimum Gasteiger partial charge on any atom is -0.478 e. The molecule has 0 unspecified atom stereocenters. The van der Waals surface area contributed by atoms with E-state index in [2.05, 4.69) is 10.3 Å². The molecule has 0 saturated heterocycles. The highest BCUT2D eigenvalue weighted by molar-refractivity contribution is 5.93. The zero-order valence-electron chi connectivity index (χ0n) is 8.17. The molecule has 1 aromatic rings. The van der Waals surface area contributed by atoms with Gasteiger partial charge in [0.2, 0.25) is 5.91 Å². The van der Waals surface area contributed by atoms with Gasteiger partial charge in [0.15, 0.2) is 0 Å². The summed E-state index contributed by atoms with van der Waals surface area (Å²) in [7, 11) is 1.81. The van der Waals surface area contributed by atoms with Crippen LogP contribution in [-0.4, -0.2) is 26.5 Å². The van der Waals surface area contributed by atoms with Crippen LogP contribution < -0.4 is 5.32 Å². The van der Waals surface area contributed by atoms with Crippen molar-refractivity contribution in [2.45, 2.75) is 6.54 Å². The zero-order chi connectivity index (χ0) is 11.3. The highest BCUT2D eigenvalue weighted by atomic mass is 16.4. The summed E-state index contributed by atoms with van der Waals surface area (Å²) in [5.41, 5.74) is 0. The number of aryl methyl sites for hydroxylation is 1. The number of aliphatic carboxylic acids is 1. The number of nitrogens with one attached hydrogen (secondary N) is 1. The summed E-state index contributed by atoms with van der Waals surface area (Å²) < 4.78 is 1.77. The molecule has 6 nitrogen and oxygen atoms in total. The number of carboxylic acids is 1. The first-order valence-corrected chi connectivity index (χ1v) is 4.24. The number of carboxylic acid groups (broad SMARTS) is 1. The topological polar surface area (TPSA) is 84.2 Å². The van der Waals surface area contributed by atoms with E-state index in [0.29, 0.717) is 5.82 Å². The first-order valence-electron chi connectivity index (χ1n) is 4.24. The van der Waals surface area contributed by atoms with Gasteiger partial charge in [-0.2, -0.15) is 0 Å². The number of aromatic nitrogens is 2. The summed E-state index contributed by atoms with van der Waals surface area (Å²) in [6.45, 7) is 0.270. The third-order valence-corrected chi connectivity index (χ3v) is 1.72. The summed E-state index contributed by atoms with van der Waals surface area (Å²) in [4.78, 5) is 25.2. The number of nitrogens with zero attached hydrogens (tertiary/aromatic N) is 2. The van der Waals surface area contributed by atoms with Gasteiger partial charge in [-0.15, -0.1) is 0 Å². The van der Waals surface area contributed by atoms with E-state index in [0.717, 1.165) is 12.2 Å². The lowest BCUT2D eigenvalue weighted by Crippen LogP contribution is -2.22. The number of imidazole rings is 1. The van der Waals surface area contributed by atoms with Crippen LogP contribution in [0.4, 0.5) is 0 Å². The van der Waals surface area contributed by atoms with Gasteiger partial charge >= 0.3 is 5.97 Å². The van der Waals surface area contributed by atoms with Crippen LogP contribution in [0.5, 0.6) is 0 Å². The lowest BCUT2D eigenvalue weighted by molar-refractivity contribution is -0.131. The molecule has 1 amide bonds. The number of hydrogen-bond acceptors (Lipinski definition) is 3. The van der Waals surface area contributed by atoms with Gasteiger partial charge in [-0.25, -0.2) is 9.78 Å². The molecule has 0 saturated carbocycles. The highest BCUT2D eigenvalue weighted by Crippen LogP contribution is 1.92. The molecule has 0 atom stereocenters. The largest absolute Gasteiger partial charge is 0.478 e. The number of carbonyl (C=O) groups is 2. The Morgan fingerprint density at radius 1 is 1.60 bits per heavy atom. The van der Waals surface area contributed by atoms with Crippen LogP contribution in [0.15, 0.2) is 24.5 Å². The fourth-order valence-electron chi connectivity index (χ4n) is 0.939. The number of rotatable bonds is 4. The van der Waals surface area contributed by atoms with E-state index >= 15 is 0 Å². The number of carbonyl (C=O) groups excluding carboxylic acids is 1. The monoisotopic (exact) mass is 209 g/mol. The second-order valence-corrected chi connectivity index (χ2v) is 2.84. The summed E-state index contributed by atoms with van der Waals surface area (Å²) in [5, 5.41) is 10.8. The third-order valence-electron chi connectivity index (χ3n) is 1.72. The van der Waals surface area contributed by atoms with E-state index in [9.17, 15) is 9.59 Å². The highest BCUT2D eigenvalue weighted by Gasteiger charge is 2.00. The van der Waals surface area contributed by atoms with Crippen molar-refractivity contribution < 1.29 is 14.7 Å². The Balaban J connectivity index is 2.41. The third kappa shape index (κ3) is 3.63. The van der Waals surface area contributed by atoms with Crippen molar-refractivity contribution in [3.8, 4) is 0 Å². The molecule has 0 aliphatic rings. The van der Waals surface area contributed by atoms with Crippen LogP contribution in [0.25, 0.3) is 0 Å². The zero-order valence-corrected chi connectivity index (χ0v) is 8.17. The van der Waals surface area contributed by atoms with Crippen LogP contribution in [0.2, 0.25) is 0 Å². The Morgan fingerprint density at radius 3 is 2.87 bits per heavy atom. The maximum atomic E-state index is 11.1. The van der Waals surface area contributed by atoms with Crippen molar-refractivity contribution in [2.75, 3.05) is 0 Å². The number of amides is 1. The Labute approximate surface area is 86.2 Å². The molecule has 1 heterocycles. The van der Waals surface area contributed by atoms with E-state index in [1.54, 1.807) is 17.0 Å². The molecule has 0 fully saturated rings. The van der Waals surface area contributed by atoms with Crippen molar-refractivity contribution in [3.63, 3.8) is 0 Å². The van der Waals surface area contributed by atoms with Crippen molar-refractivity contribution in [2.24, 2.45) is 7.05 Å². The lowest BCUT2D eigenvalue weighted by atomic mass is 10.4. The minimum atomic E-state index is -1.15. The van der Waals surface area contributed by atoms with E-state index in [1.165, 1.54) is 0 Å². The smallest absolute Gasteiger partial charge is 0.328 e. The predicted molar refractivity (Wildman–Crippen MR) is 51.8 cm³/mol. The number of hydrogen-bond donors (Lipinski definition) is 2. The predicted octanol–water partition coefficient (Wildman–Crippen LogP) is -0.323. The summed E-state index contributed by atoms with van der Waals surface area (Å²) in [6, 6.07) is 0. The Kier molecular flexibility index (Phi) is 3.61. The summed E-state index contributed by atoms with van der Waals surface area (Å²) >= 11 is 0. The molecule has 0 spiro atoms. The van der Waals surface area contributed by atoms with Gasteiger partial charge in [0.05, 0.1) is 6.54 Å². The SMILES string of the molecule is Cn1ccnc1CNC(=O)C=CC(=O)O. The molecule has 0 radical (unpaired) electrons. The van der Waals surface area contributed by atoms with Crippen LogP contribution in [0.1, 0.15) is 5.82 Å². The van der Waals surface area contributed by atoms with Gasteiger partial charge < -0.3 is 15.0 Å². The van der Waals surface area contributed by atoms with Gasteiger partial charge in [0.1, 0.15) is 5.82 Å². The molecular weight excluding hydrogens is 198 g/mol. The van der Waals surface area contributed by atoms with Crippen molar-refractivity contribution in [3.05, 3.63) is 30.4 Å². The van der Waals surface area contributed by atoms with Gasteiger partial charge in [-0.05, 0) is 0 Å². The Bertz CT molecular complexity index is 395. The van der Waals surface area contributed by atoms with E-state index < -0.39 is 11.9 Å². The van der Waals surface area contributed by atoms with Gasteiger partial charge in [-0.1, -0.05) is 0 Å². The maximum absolute atomic E-state index is 11.1.